The van der Waals surface area contributed by atoms with Crippen molar-refractivity contribution in [3.63, 3.8) is 0 Å². The molecule has 1 atom stereocenters. The van der Waals surface area contributed by atoms with Crippen LogP contribution in [0, 0.1) is 12.8 Å². The zero-order valence-electron chi connectivity index (χ0n) is 9.54. The molecule has 1 aromatic rings. The lowest BCUT2D eigenvalue weighted by Crippen LogP contribution is -2.30. The monoisotopic (exact) mass is 192 g/mol. The van der Waals surface area contributed by atoms with Crippen LogP contribution in [-0.4, -0.2) is 11.0 Å². The predicted octanol–water partition coefficient (Wildman–Crippen LogP) is 2.52. The van der Waals surface area contributed by atoms with Crippen LogP contribution in [0.2, 0.25) is 0 Å². The van der Waals surface area contributed by atoms with E-state index in [9.17, 15) is 0 Å². The fourth-order valence-electron chi connectivity index (χ4n) is 1.20. The number of hydrogen-bond donors (Lipinski definition) is 1. The number of pyridine rings is 1. The van der Waals surface area contributed by atoms with Gasteiger partial charge in [0, 0.05) is 18.3 Å². The molecule has 0 aromatic carbocycles. The molecule has 2 heteroatoms. The first-order valence-electron chi connectivity index (χ1n) is 5.25. The van der Waals surface area contributed by atoms with Gasteiger partial charge in [0.05, 0.1) is 5.69 Å². The van der Waals surface area contributed by atoms with Crippen LogP contribution >= 0.6 is 0 Å². The van der Waals surface area contributed by atoms with Crippen molar-refractivity contribution >= 4 is 0 Å². The van der Waals surface area contributed by atoms with E-state index in [0.717, 1.165) is 17.9 Å². The molecule has 2 nitrogen and oxygen atoms in total. The minimum atomic E-state index is 0.539. The fraction of sp³-hybridized carbons (Fsp3) is 0.583. The smallest absolute Gasteiger partial charge is 0.0544 e. The molecule has 1 unspecified atom stereocenters. The summed E-state index contributed by atoms with van der Waals surface area (Å²) in [5.74, 6) is 0.666. The Morgan fingerprint density at radius 2 is 2.00 bits per heavy atom. The number of nitrogens with one attached hydrogen (secondary N) is 1. The predicted molar refractivity (Wildman–Crippen MR) is 60.1 cm³/mol. The average Bonchev–Trinajstić information content (AvgIpc) is 2.14. The fourth-order valence-corrected chi connectivity index (χ4v) is 1.20. The largest absolute Gasteiger partial charge is 0.308 e. The van der Waals surface area contributed by atoms with Gasteiger partial charge < -0.3 is 5.32 Å². The Kier molecular flexibility index (Phi) is 4.08. The highest BCUT2D eigenvalue weighted by Gasteiger charge is 2.05. The van der Waals surface area contributed by atoms with Crippen molar-refractivity contribution in [2.45, 2.75) is 40.3 Å². The Bertz CT molecular complexity index is 281. The second-order valence-corrected chi connectivity index (χ2v) is 4.18. The van der Waals surface area contributed by atoms with E-state index in [4.69, 9.17) is 0 Å². The minimum absolute atomic E-state index is 0.539. The maximum Gasteiger partial charge on any atom is 0.0544 e. The first-order chi connectivity index (χ1) is 6.59. The standard InChI is InChI=1S/C12H20N2/c1-9(2)11(4)13-8-12-7-5-6-10(3)14-12/h5-7,9,11,13H,8H2,1-4H3. The number of nitrogens with zero attached hydrogens (tertiary/aromatic N) is 1. The van der Waals surface area contributed by atoms with Gasteiger partial charge in [0.1, 0.15) is 0 Å². The Balaban J connectivity index is 2.45. The Morgan fingerprint density at radius 1 is 1.29 bits per heavy atom. The molecule has 0 amide bonds. The molecule has 0 radical (unpaired) electrons. The summed E-state index contributed by atoms with van der Waals surface area (Å²) >= 11 is 0. The highest BCUT2D eigenvalue weighted by Crippen LogP contribution is 2.02. The second-order valence-electron chi connectivity index (χ2n) is 4.18. The maximum absolute atomic E-state index is 4.44. The molecule has 1 N–H and O–H groups in total. The van der Waals surface area contributed by atoms with E-state index in [1.54, 1.807) is 0 Å². The third-order valence-corrected chi connectivity index (χ3v) is 2.55. The number of rotatable bonds is 4. The topological polar surface area (TPSA) is 24.9 Å². The molecule has 1 rings (SSSR count). The van der Waals surface area contributed by atoms with Crippen molar-refractivity contribution in [3.8, 4) is 0 Å². The molecular weight excluding hydrogens is 172 g/mol. The van der Waals surface area contributed by atoms with Crippen LogP contribution in [0.15, 0.2) is 18.2 Å². The molecule has 0 saturated heterocycles. The van der Waals surface area contributed by atoms with E-state index in [-0.39, 0.29) is 0 Å². The van der Waals surface area contributed by atoms with E-state index in [1.165, 1.54) is 0 Å². The molecule has 1 aromatic heterocycles. The highest BCUT2D eigenvalue weighted by molar-refractivity contribution is 5.09. The molecule has 0 aliphatic carbocycles. The molecule has 1 heterocycles. The third kappa shape index (κ3) is 3.46. The molecular formula is C12H20N2. The van der Waals surface area contributed by atoms with Crippen molar-refractivity contribution in [2.24, 2.45) is 5.92 Å². The van der Waals surface area contributed by atoms with Crippen molar-refractivity contribution in [2.75, 3.05) is 0 Å². The van der Waals surface area contributed by atoms with Crippen LogP contribution in [0.4, 0.5) is 0 Å². The van der Waals surface area contributed by atoms with Crippen molar-refractivity contribution in [3.05, 3.63) is 29.6 Å². The zero-order valence-corrected chi connectivity index (χ0v) is 9.54. The van der Waals surface area contributed by atoms with Gasteiger partial charge in [-0.25, -0.2) is 0 Å². The van der Waals surface area contributed by atoms with Crippen LogP contribution in [-0.2, 0) is 6.54 Å². The van der Waals surface area contributed by atoms with Crippen LogP contribution < -0.4 is 5.32 Å². The van der Waals surface area contributed by atoms with E-state index in [0.29, 0.717) is 12.0 Å². The van der Waals surface area contributed by atoms with E-state index < -0.39 is 0 Å². The summed E-state index contributed by atoms with van der Waals surface area (Å²) in [7, 11) is 0. The van der Waals surface area contributed by atoms with Crippen molar-refractivity contribution in [1.29, 1.82) is 0 Å². The van der Waals surface area contributed by atoms with Crippen molar-refractivity contribution < 1.29 is 0 Å². The minimum Gasteiger partial charge on any atom is -0.308 e. The Morgan fingerprint density at radius 3 is 2.57 bits per heavy atom. The van der Waals surface area contributed by atoms with E-state index >= 15 is 0 Å². The number of aryl methyl sites for hydroxylation is 1. The number of aromatic nitrogens is 1. The van der Waals surface area contributed by atoms with Gasteiger partial charge in [-0.1, -0.05) is 19.9 Å². The van der Waals surface area contributed by atoms with Gasteiger partial charge >= 0.3 is 0 Å². The summed E-state index contributed by atoms with van der Waals surface area (Å²) in [4.78, 5) is 4.44. The Hall–Kier alpha value is -0.890. The van der Waals surface area contributed by atoms with Gasteiger partial charge in [-0.3, -0.25) is 4.98 Å². The van der Waals surface area contributed by atoms with E-state index in [1.807, 2.05) is 13.0 Å². The van der Waals surface area contributed by atoms with Crippen molar-refractivity contribution in [1.82, 2.24) is 10.3 Å². The lowest BCUT2D eigenvalue weighted by atomic mass is 10.1. The molecule has 0 aliphatic rings. The van der Waals surface area contributed by atoms with Gasteiger partial charge in [-0.15, -0.1) is 0 Å². The van der Waals surface area contributed by atoms with Gasteiger partial charge in [0.2, 0.25) is 0 Å². The summed E-state index contributed by atoms with van der Waals surface area (Å²) in [6.45, 7) is 9.54. The zero-order chi connectivity index (χ0) is 10.6. The van der Waals surface area contributed by atoms with Crippen LogP contribution in [0.3, 0.4) is 0 Å². The average molecular weight is 192 g/mol. The van der Waals surface area contributed by atoms with Gasteiger partial charge in [0.25, 0.3) is 0 Å². The maximum atomic E-state index is 4.44. The lowest BCUT2D eigenvalue weighted by molar-refractivity contribution is 0.424. The quantitative estimate of drug-likeness (QED) is 0.793. The second kappa shape index (κ2) is 5.11. The lowest BCUT2D eigenvalue weighted by Gasteiger charge is -2.17. The normalized spacial score (nSPS) is 13.2. The summed E-state index contributed by atoms with van der Waals surface area (Å²) in [6, 6.07) is 6.68. The molecule has 0 saturated carbocycles. The summed E-state index contributed by atoms with van der Waals surface area (Å²) in [5.41, 5.74) is 2.21. The summed E-state index contributed by atoms with van der Waals surface area (Å²) in [5, 5.41) is 3.46. The van der Waals surface area contributed by atoms with Gasteiger partial charge in [0.15, 0.2) is 0 Å². The molecule has 78 valence electrons. The van der Waals surface area contributed by atoms with Gasteiger partial charge in [-0.05, 0) is 31.9 Å². The molecule has 0 bridgehead atoms. The summed E-state index contributed by atoms with van der Waals surface area (Å²) < 4.78 is 0. The number of hydrogen-bond acceptors (Lipinski definition) is 2. The molecule has 0 spiro atoms. The van der Waals surface area contributed by atoms with Crippen LogP contribution in [0.1, 0.15) is 32.2 Å². The summed E-state index contributed by atoms with van der Waals surface area (Å²) in [6.07, 6.45) is 0. The van der Waals surface area contributed by atoms with Crippen LogP contribution in [0.25, 0.3) is 0 Å². The first kappa shape index (κ1) is 11.2. The molecule has 14 heavy (non-hydrogen) atoms. The Labute approximate surface area is 86.8 Å². The molecule has 0 aliphatic heterocycles. The van der Waals surface area contributed by atoms with Crippen LogP contribution in [0.5, 0.6) is 0 Å². The SMILES string of the molecule is Cc1cccc(CNC(C)C(C)C)n1. The van der Waals surface area contributed by atoms with Gasteiger partial charge in [-0.2, -0.15) is 0 Å². The first-order valence-corrected chi connectivity index (χ1v) is 5.25. The molecule has 0 fully saturated rings. The van der Waals surface area contributed by atoms with E-state index in [2.05, 4.69) is 43.2 Å². The highest BCUT2D eigenvalue weighted by atomic mass is 14.9. The third-order valence-electron chi connectivity index (χ3n) is 2.55.